The summed E-state index contributed by atoms with van der Waals surface area (Å²) in [6.07, 6.45) is -0.0634. The van der Waals surface area contributed by atoms with Gasteiger partial charge in [-0.3, -0.25) is 4.79 Å². The number of halogens is 1. The SMILES string of the molecule is CC[C@@H](Oc1ccccc1OC)C(=O)NCCOc1ccccc1Cl. The van der Waals surface area contributed by atoms with Gasteiger partial charge in [-0.25, -0.2) is 0 Å². The average Bonchev–Trinajstić information content (AvgIpc) is 2.64. The minimum atomic E-state index is -0.600. The molecule has 0 saturated heterocycles. The average molecular weight is 364 g/mol. The third kappa shape index (κ3) is 5.57. The lowest BCUT2D eigenvalue weighted by Gasteiger charge is -2.19. The summed E-state index contributed by atoms with van der Waals surface area (Å²) in [6.45, 7) is 2.57. The van der Waals surface area contributed by atoms with E-state index in [1.165, 1.54) is 0 Å². The lowest BCUT2D eigenvalue weighted by Crippen LogP contribution is -2.39. The molecule has 0 radical (unpaired) electrons. The first-order valence-corrected chi connectivity index (χ1v) is 8.48. The topological polar surface area (TPSA) is 56.8 Å². The molecule has 1 amide bonds. The number of hydrogen-bond acceptors (Lipinski definition) is 4. The Hall–Kier alpha value is -2.40. The van der Waals surface area contributed by atoms with E-state index < -0.39 is 6.10 Å². The van der Waals surface area contributed by atoms with Crippen molar-refractivity contribution in [1.82, 2.24) is 5.32 Å². The zero-order valence-corrected chi connectivity index (χ0v) is 15.1. The van der Waals surface area contributed by atoms with Gasteiger partial charge in [-0.15, -0.1) is 0 Å². The highest BCUT2D eigenvalue weighted by Gasteiger charge is 2.19. The molecular formula is C19H22ClNO4. The summed E-state index contributed by atoms with van der Waals surface area (Å²) in [5, 5.41) is 3.35. The molecule has 0 bridgehead atoms. The van der Waals surface area contributed by atoms with Crippen LogP contribution in [-0.4, -0.2) is 32.3 Å². The maximum absolute atomic E-state index is 12.3. The number of ether oxygens (including phenoxy) is 3. The Balaban J connectivity index is 1.82. The number of carbonyl (C=O) groups excluding carboxylic acids is 1. The second-order valence-electron chi connectivity index (χ2n) is 5.24. The van der Waals surface area contributed by atoms with Crippen LogP contribution in [-0.2, 0) is 4.79 Å². The lowest BCUT2D eigenvalue weighted by molar-refractivity contribution is -0.128. The van der Waals surface area contributed by atoms with Gasteiger partial charge in [0.1, 0.15) is 12.4 Å². The van der Waals surface area contributed by atoms with Crippen LogP contribution in [0.25, 0.3) is 0 Å². The number of para-hydroxylation sites is 3. The fraction of sp³-hybridized carbons (Fsp3) is 0.316. The van der Waals surface area contributed by atoms with Gasteiger partial charge in [-0.2, -0.15) is 0 Å². The van der Waals surface area contributed by atoms with E-state index >= 15 is 0 Å². The predicted molar refractivity (Wildman–Crippen MR) is 97.7 cm³/mol. The molecule has 0 aliphatic heterocycles. The Morgan fingerprint density at radius 2 is 1.72 bits per heavy atom. The third-order valence-electron chi connectivity index (χ3n) is 3.50. The number of amides is 1. The molecule has 6 heteroatoms. The summed E-state index contributed by atoms with van der Waals surface area (Å²) < 4.78 is 16.6. The maximum Gasteiger partial charge on any atom is 0.261 e. The number of methoxy groups -OCH3 is 1. The van der Waals surface area contributed by atoms with Crippen molar-refractivity contribution < 1.29 is 19.0 Å². The first kappa shape index (κ1) is 18.9. The van der Waals surface area contributed by atoms with Gasteiger partial charge < -0.3 is 19.5 Å². The molecule has 134 valence electrons. The lowest BCUT2D eigenvalue weighted by atomic mass is 10.2. The van der Waals surface area contributed by atoms with Crippen LogP contribution in [0.5, 0.6) is 17.2 Å². The van der Waals surface area contributed by atoms with Crippen LogP contribution in [0, 0.1) is 0 Å². The molecule has 2 aromatic carbocycles. The predicted octanol–water partition coefficient (Wildman–Crippen LogP) is 3.70. The van der Waals surface area contributed by atoms with E-state index in [0.717, 1.165) is 0 Å². The molecule has 0 saturated carbocycles. The third-order valence-corrected chi connectivity index (χ3v) is 3.81. The standard InChI is InChI=1S/C19H22ClNO4/c1-3-15(25-18-11-7-6-10-17(18)23-2)19(22)21-12-13-24-16-9-5-4-8-14(16)20/h4-11,15H,3,12-13H2,1-2H3,(H,21,22)/t15-/m1/s1. The smallest absolute Gasteiger partial charge is 0.261 e. The van der Waals surface area contributed by atoms with E-state index in [0.29, 0.717) is 41.8 Å². The summed E-state index contributed by atoms with van der Waals surface area (Å²) >= 11 is 6.01. The number of hydrogen-bond donors (Lipinski definition) is 1. The van der Waals surface area contributed by atoms with E-state index in [1.54, 1.807) is 31.4 Å². The minimum Gasteiger partial charge on any atom is -0.493 e. The van der Waals surface area contributed by atoms with Crippen molar-refractivity contribution in [3.8, 4) is 17.2 Å². The summed E-state index contributed by atoms with van der Waals surface area (Å²) in [4.78, 5) is 12.3. The highest BCUT2D eigenvalue weighted by molar-refractivity contribution is 6.32. The fourth-order valence-corrected chi connectivity index (χ4v) is 2.39. The van der Waals surface area contributed by atoms with Gasteiger partial charge in [-0.05, 0) is 30.7 Å². The molecule has 1 N–H and O–H groups in total. The van der Waals surface area contributed by atoms with E-state index in [4.69, 9.17) is 25.8 Å². The molecule has 1 atom stereocenters. The Morgan fingerprint density at radius 3 is 2.36 bits per heavy atom. The molecule has 0 spiro atoms. The van der Waals surface area contributed by atoms with Gasteiger partial charge in [0, 0.05) is 0 Å². The molecule has 0 aliphatic carbocycles. The number of rotatable bonds is 9. The molecule has 2 rings (SSSR count). The van der Waals surface area contributed by atoms with Crippen molar-refractivity contribution in [1.29, 1.82) is 0 Å². The molecule has 2 aromatic rings. The first-order valence-electron chi connectivity index (χ1n) is 8.10. The van der Waals surface area contributed by atoms with Crippen LogP contribution in [0.4, 0.5) is 0 Å². The number of benzene rings is 2. The Kier molecular flexibility index (Phi) is 7.41. The summed E-state index contributed by atoms with van der Waals surface area (Å²) in [6, 6.07) is 14.4. The summed E-state index contributed by atoms with van der Waals surface area (Å²) in [7, 11) is 1.56. The molecule has 0 aliphatic rings. The van der Waals surface area contributed by atoms with Gasteiger partial charge >= 0.3 is 0 Å². The molecule has 5 nitrogen and oxygen atoms in total. The number of nitrogens with one attached hydrogen (secondary N) is 1. The molecule has 0 heterocycles. The monoisotopic (exact) mass is 363 g/mol. The second-order valence-corrected chi connectivity index (χ2v) is 5.64. The van der Waals surface area contributed by atoms with E-state index in [1.807, 2.05) is 31.2 Å². The zero-order valence-electron chi connectivity index (χ0n) is 14.3. The zero-order chi connectivity index (χ0) is 18.1. The molecular weight excluding hydrogens is 342 g/mol. The molecule has 0 unspecified atom stereocenters. The normalized spacial score (nSPS) is 11.5. The van der Waals surface area contributed by atoms with Crippen molar-refractivity contribution in [2.24, 2.45) is 0 Å². The van der Waals surface area contributed by atoms with E-state index in [-0.39, 0.29) is 5.91 Å². The summed E-state index contributed by atoms with van der Waals surface area (Å²) in [5.74, 6) is 1.53. The number of carbonyl (C=O) groups is 1. The van der Waals surface area contributed by atoms with E-state index in [9.17, 15) is 4.79 Å². The quantitative estimate of drug-likeness (QED) is 0.690. The molecule has 25 heavy (non-hydrogen) atoms. The van der Waals surface area contributed by atoms with Crippen molar-refractivity contribution in [3.05, 3.63) is 53.6 Å². The Bertz CT molecular complexity index is 693. The van der Waals surface area contributed by atoms with Gasteiger partial charge in [-0.1, -0.05) is 42.8 Å². The highest BCUT2D eigenvalue weighted by Crippen LogP contribution is 2.27. The van der Waals surface area contributed by atoms with Crippen molar-refractivity contribution in [2.75, 3.05) is 20.3 Å². The van der Waals surface area contributed by atoms with Gasteiger partial charge in [0.05, 0.1) is 18.7 Å². The Labute approximate surface area is 152 Å². The van der Waals surface area contributed by atoms with Gasteiger partial charge in [0.15, 0.2) is 17.6 Å². The van der Waals surface area contributed by atoms with E-state index in [2.05, 4.69) is 5.32 Å². The van der Waals surface area contributed by atoms with Crippen LogP contribution in [0.15, 0.2) is 48.5 Å². The van der Waals surface area contributed by atoms with Crippen LogP contribution in [0.2, 0.25) is 5.02 Å². The fourth-order valence-electron chi connectivity index (χ4n) is 2.20. The maximum atomic E-state index is 12.3. The summed E-state index contributed by atoms with van der Waals surface area (Å²) in [5.41, 5.74) is 0. The van der Waals surface area contributed by atoms with Crippen LogP contribution >= 0.6 is 11.6 Å². The van der Waals surface area contributed by atoms with Crippen molar-refractivity contribution in [2.45, 2.75) is 19.4 Å². The highest BCUT2D eigenvalue weighted by atomic mass is 35.5. The minimum absolute atomic E-state index is 0.198. The first-order chi connectivity index (χ1) is 12.2. The van der Waals surface area contributed by atoms with Crippen molar-refractivity contribution >= 4 is 17.5 Å². The van der Waals surface area contributed by atoms with Gasteiger partial charge in [0.25, 0.3) is 5.91 Å². The largest absolute Gasteiger partial charge is 0.493 e. The van der Waals surface area contributed by atoms with Crippen molar-refractivity contribution in [3.63, 3.8) is 0 Å². The Morgan fingerprint density at radius 1 is 1.08 bits per heavy atom. The van der Waals surface area contributed by atoms with Crippen LogP contribution < -0.4 is 19.5 Å². The molecule has 0 aromatic heterocycles. The van der Waals surface area contributed by atoms with Gasteiger partial charge in [0.2, 0.25) is 0 Å². The second kappa shape index (κ2) is 9.79. The van der Waals surface area contributed by atoms with Crippen LogP contribution in [0.3, 0.4) is 0 Å². The molecule has 0 fully saturated rings. The van der Waals surface area contributed by atoms with Crippen LogP contribution in [0.1, 0.15) is 13.3 Å².